The maximum Gasteiger partial charge on any atom is 0.226 e. The van der Waals surface area contributed by atoms with Crippen molar-refractivity contribution in [3.63, 3.8) is 0 Å². The summed E-state index contributed by atoms with van der Waals surface area (Å²) in [6.45, 7) is 1.30. The van der Waals surface area contributed by atoms with E-state index in [0.29, 0.717) is 18.5 Å². The van der Waals surface area contributed by atoms with Gasteiger partial charge in [0.05, 0.1) is 0 Å². The number of amides is 1. The SMILES string of the molecule is NCCN(C(=O)C1CCc2ccccc2C1)C1CCC1. The van der Waals surface area contributed by atoms with Crippen LogP contribution in [0.25, 0.3) is 0 Å². The molecule has 0 saturated heterocycles. The van der Waals surface area contributed by atoms with E-state index in [9.17, 15) is 4.79 Å². The predicted octanol–water partition coefficient (Wildman–Crippen LogP) is 2.13. The number of hydrogen-bond donors (Lipinski definition) is 1. The minimum Gasteiger partial charge on any atom is -0.338 e. The lowest BCUT2D eigenvalue weighted by atomic mass is 9.82. The molecule has 2 N–H and O–H groups in total. The normalized spacial score (nSPS) is 21.9. The number of fused-ring (bicyclic) bond motifs is 1. The first kappa shape index (κ1) is 13.6. The summed E-state index contributed by atoms with van der Waals surface area (Å²) in [6, 6.07) is 9.00. The third kappa shape index (κ3) is 2.59. The number of nitrogens with two attached hydrogens (primary N) is 1. The highest BCUT2D eigenvalue weighted by Crippen LogP contribution is 2.30. The zero-order valence-electron chi connectivity index (χ0n) is 12.1. The van der Waals surface area contributed by atoms with Gasteiger partial charge in [-0.3, -0.25) is 4.79 Å². The van der Waals surface area contributed by atoms with Crippen molar-refractivity contribution < 1.29 is 4.79 Å². The van der Waals surface area contributed by atoms with E-state index in [1.54, 1.807) is 0 Å². The Balaban J connectivity index is 1.70. The number of rotatable bonds is 4. The maximum atomic E-state index is 12.8. The summed E-state index contributed by atoms with van der Waals surface area (Å²) in [4.78, 5) is 14.9. The van der Waals surface area contributed by atoms with E-state index in [1.807, 2.05) is 0 Å². The Bertz CT molecular complexity index is 482. The fourth-order valence-corrected chi connectivity index (χ4v) is 3.45. The van der Waals surface area contributed by atoms with Crippen molar-refractivity contribution >= 4 is 5.91 Å². The topological polar surface area (TPSA) is 46.3 Å². The van der Waals surface area contributed by atoms with Gasteiger partial charge in [-0.15, -0.1) is 0 Å². The van der Waals surface area contributed by atoms with Gasteiger partial charge in [0.2, 0.25) is 5.91 Å². The molecule has 0 spiro atoms. The maximum absolute atomic E-state index is 12.8. The summed E-state index contributed by atoms with van der Waals surface area (Å²) in [5.41, 5.74) is 8.48. The Labute approximate surface area is 121 Å². The Morgan fingerprint density at radius 3 is 2.60 bits per heavy atom. The molecule has 0 heterocycles. The van der Waals surface area contributed by atoms with Crippen molar-refractivity contribution in [2.24, 2.45) is 11.7 Å². The number of benzene rings is 1. The van der Waals surface area contributed by atoms with Crippen molar-refractivity contribution in [1.82, 2.24) is 4.90 Å². The van der Waals surface area contributed by atoms with E-state index in [0.717, 1.165) is 38.6 Å². The van der Waals surface area contributed by atoms with E-state index in [1.165, 1.54) is 17.5 Å². The van der Waals surface area contributed by atoms with Crippen LogP contribution in [0.1, 0.15) is 36.8 Å². The highest BCUT2D eigenvalue weighted by atomic mass is 16.2. The largest absolute Gasteiger partial charge is 0.338 e. The number of aryl methyl sites for hydroxylation is 1. The van der Waals surface area contributed by atoms with Gasteiger partial charge >= 0.3 is 0 Å². The number of hydrogen-bond acceptors (Lipinski definition) is 2. The van der Waals surface area contributed by atoms with Crippen LogP contribution in [-0.4, -0.2) is 29.9 Å². The Morgan fingerprint density at radius 2 is 1.95 bits per heavy atom. The molecule has 1 aromatic carbocycles. The molecule has 0 radical (unpaired) electrons. The molecule has 3 heteroatoms. The molecule has 0 bridgehead atoms. The minimum atomic E-state index is 0.164. The third-order valence-electron chi connectivity index (χ3n) is 4.86. The van der Waals surface area contributed by atoms with Crippen molar-refractivity contribution in [3.05, 3.63) is 35.4 Å². The van der Waals surface area contributed by atoms with E-state index >= 15 is 0 Å². The lowest BCUT2D eigenvalue weighted by Crippen LogP contribution is -2.49. The van der Waals surface area contributed by atoms with Gasteiger partial charge in [0, 0.05) is 25.0 Å². The van der Waals surface area contributed by atoms with Gasteiger partial charge in [-0.1, -0.05) is 24.3 Å². The average Bonchev–Trinajstić information content (AvgIpc) is 2.43. The minimum absolute atomic E-state index is 0.164. The molecular weight excluding hydrogens is 248 g/mol. The summed E-state index contributed by atoms with van der Waals surface area (Å²) in [7, 11) is 0. The van der Waals surface area contributed by atoms with Crippen molar-refractivity contribution in [3.8, 4) is 0 Å². The van der Waals surface area contributed by atoms with Crippen LogP contribution in [0.3, 0.4) is 0 Å². The lowest BCUT2D eigenvalue weighted by Gasteiger charge is -2.40. The molecule has 108 valence electrons. The van der Waals surface area contributed by atoms with Crippen molar-refractivity contribution in [2.45, 2.75) is 44.6 Å². The number of nitrogens with zero attached hydrogens (tertiary/aromatic N) is 1. The van der Waals surface area contributed by atoms with Crippen LogP contribution in [0, 0.1) is 5.92 Å². The standard InChI is InChI=1S/C17H24N2O/c18-10-11-19(16-6-3-7-16)17(20)15-9-8-13-4-1-2-5-14(13)12-15/h1-2,4-5,15-16H,3,6-12,18H2. The van der Waals surface area contributed by atoms with Gasteiger partial charge in [0.1, 0.15) is 0 Å². The summed E-state index contributed by atoms with van der Waals surface area (Å²) in [5.74, 6) is 0.506. The lowest BCUT2D eigenvalue weighted by molar-refractivity contribution is -0.139. The van der Waals surface area contributed by atoms with Gasteiger partial charge in [0.15, 0.2) is 0 Å². The van der Waals surface area contributed by atoms with Crippen molar-refractivity contribution in [2.75, 3.05) is 13.1 Å². The molecule has 3 nitrogen and oxygen atoms in total. The molecule has 0 aliphatic heterocycles. The van der Waals surface area contributed by atoms with Crippen LogP contribution >= 0.6 is 0 Å². The summed E-state index contributed by atoms with van der Waals surface area (Å²) in [5, 5.41) is 0. The summed E-state index contributed by atoms with van der Waals surface area (Å²) < 4.78 is 0. The second-order valence-corrected chi connectivity index (χ2v) is 6.11. The van der Waals surface area contributed by atoms with Gasteiger partial charge in [-0.05, 0) is 49.7 Å². The summed E-state index contributed by atoms with van der Waals surface area (Å²) >= 11 is 0. The van der Waals surface area contributed by atoms with Crippen LogP contribution in [0.5, 0.6) is 0 Å². The van der Waals surface area contributed by atoms with E-state index in [-0.39, 0.29) is 5.92 Å². The molecule has 0 aromatic heterocycles. The van der Waals surface area contributed by atoms with Crippen LogP contribution in [0.2, 0.25) is 0 Å². The fourth-order valence-electron chi connectivity index (χ4n) is 3.45. The van der Waals surface area contributed by atoms with Crippen molar-refractivity contribution in [1.29, 1.82) is 0 Å². The molecular formula is C17H24N2O. The smallest absolute Gasteiger partial charge is 0.226 e. The number of carbonyl (C=O) groups is 1. The number of carbonyl (C=O) groups excluding carboxylic acids is 1. The first-order chi connectivity index (χ1) is 9.79. The molecule has 1 atom stereocenters. The predicted molar refractivity (Wildman–Crippen MR) is 80.4 cm³/mol. The van der Waals surface area contributed by atoms with Crippen LogP contribution in [0.15, 0.2) is 24.3 Å². The average molecular weight is 272 g/mol. The second kappa shape index (κ2) is 5.96. The van der Waals surface area contributed by atoms with Gasteiger partial charge in [0.25, 0.3) is 0 Å². The van der Waals surface area contributed by atoms with Crippen LogP contribution < -0.4 is 5.73 Å². The quantitative estimate of drug-likeness (QED) is 0.912. The zero-order valence-corrected chi connectivity index (χ0v) is 12.1. The van der Waals surface area contributed by atoms with E-state index in [4.69, 9.17) is 5.73 Å². The molecule has 2 aliphatic carbocycles. The molecule has 2 aliphatic rings. The molecule has 1 aromatic rings. The van der Waals surface area contributed by atoms with Crippen LogP contribution in [0.4, 0.5) is 0 Å². The second-order valence-electron chi connectivity index (χ2n) is 6.11. The third-order valence-corrected chi connectivity index (χ3v) is 4.86. The van der Waals surface area contributed by atoms with E-state index in [2.05, 4.69) is 29.2 Å². The van der Waals surface area contributed by atoms with Gasteiger partial charge in [-0.25, -0.2) is 0 Å². The molecule has 1 saturated carbocycles. The van der Waals surface area contributed by atoms with Crippen LogP contribution in [-0.2, 0) is 17.6 Å². The first-order valence-electron chi connectivity index (χ1n) is 7.87. The summed E-state index contributed by atoms with van der Waals surface area (Å²) in [6.07, 6.45) is 6.51. The van der Waals surface area contributed by atoms with E-state index < -0.39 is 0 Å². The fraction of sp³-hybridized carbons (Fsp3) is 0.588. The van der Waals surface area contributed by atoms with Gasteiger partial charge < -0.3 is 10.6 Å². The Kier molecular flexibility index (Phi) is 4.06. The highest BCUT2D eigenvalue weighted by molar-refractivity contribution is 5.80. The zero-order chi connectivity index (χ0) is 13.9. The van der Waals surface area contributed by atoms with Gasteiger partial charge in [-0.2, -0.15) is 0 Å². The molecule has 1 fully saturated rings. The molecule has 1 amide bonds. The molecule has 3 rings (SSSR count). The monoisotopic (exact) mass is 272 g/mol. The Morgan fingerprint density at radius 1 is 1.20 bits per heavy atom. The highest BCUT2D eigenvalue weighted by Gasteiger charge is 2.33. The Hall–Kier alpha value is -1.35. The molecule has 20 heavy (non-hydrogen) atoms. The molecule has 1 unspecified atom stereocenters. The first-order valence-corrected chi connectivity index (χ1v) is 7.87.